The second-order valence-corrected chi connectivity index (χ2v) is 17.5. The molecule has 0 N–H and O–H groups in total. The molecule has 0 aliphatic carbocycles. The SMILES string of the molecule is Cn1cc(Cl)nc(N2CCC(C(CC#N)n3cc(-c4ncnc5c4ccn5COCC[Si](C)(C)C)cn3)C2)c1=O. The Morgan fingerprint density at radius 3 is 2.88 bits per heavy atom. The Bertz CT molecular complexity index is 1600. The number of fused-ring (bicyclic) bond motifs is 1. The fraction of sp³-hybridized carbons (Fsp3) is 0.481. The first-order chi connectivity index (χ1) is 19.1. The van der Waals surface area contributed by atoms with Crippen molar-refractivity contribution < 1.29 is 4.74 Å². The summed E-state index contributed by atoms with van der Waals surface area (Å²) in [6.45, 7) is 9.43. The molecule has 13 heteroatoms. The Labute approximate surface area is 239 Å². The fourth-order valence-corrected chi connectivity index (χ4v) is 6.13. The first-order valence-corrected chi connectivity index (χ1v) is 17.5. The smallest absolute Gasteiger partial charge is 0.293 e. The Morgan fingerprint density at radius 2 is 2.10 bits per heavy atom. The minimum atomic E-state index is -1.15. The molecule has 4 aromatic rings. The van der Waals surface area contributed by atoms with Crippen molar-refractivity contribution >= 4 is 36.5 Å². The van der Waals surface area contributed by atoms with Crippen molar-refractivity contribution in [3.63, 3.8) is 0 Å². The molecule has 5 rings (SSSR count). The van der Waals surface area contributed by atoms with Gasteiger partial charge in [-0.15, -0.1) is 0 Å². The maximum Gasteiger partial charge on any atom is 0.293 e. The maximum atomic E-state index is 12.7. The van der Waals surface area contributed by atoms with Gasteiger partial charge in [0.05, 0.1) is 30.4 Å². The van der Waals surface area contributed by atoms with Crippen LogP contribution in [0.15, 0.2) is 42.0 Å². The highest BCUT2D eigenvalue weighted by Gasteiger charge is 2.33. The third kappa shape index (κ3) is 5.96. The van der Waals surface area contributed by atoms with Gasteiger partial charge < -0.3 is 18.8 Å². The lowest BCUT2D eigenvalue weighted by Gasteiger charge is -2.23. The Hall–Kier alpha value is -3.53. The average molecular weight is 580 g/mol. The van der Waals surface area contributed by atoms with Crippen LogP contribution in [-0.4, -0.2) is 61.6 Å². The molecule has 1 fully saturated rings. The number of rotatable bonds is 10. The molecule has 0 spiro atoms. The number of nitriles is 1. The lowest BCUT2D eigenvalue weighted by molar-refractivity contribution is 0.0899. The van der Waals surface area contributed by atoms with Gasteiger partial charge in [-0.05, 0) is 18.5 Å². The van der Waals surface area contributed by atoms with Crippen LogP contribution in [-0.2, 0) is 18.5 Å². The maximum absolute atomic E-state index is 12.7. The lowest BCUT2D eigenvalue weighted by atomic mass is 9.96. The third-order valence-corrected chi connectivity index (χ3v) is 9.28. The summed E-state index contributed by atoms with van der Waals surface area (Å²) in [5.41, 5.74) is 2.26. The van der Waals surface area contributed by atoms with Crippen LogP contribution < -0.4 is 10.5 Å². The zero-order valence-corrected chi connectivity index (χ0v) is 25.0. The van der Waals surface area contributed by atoms with Crippen molar-refractivity contribution in [1.29, 1.82) is 5.26 Å². The van der Waals surface area contributed by atoms with Gasteiger partial charge in [-0.3, -0.25) is 9.48 Å². The third-order valence-electron chi connectivity index (χ3n) is 7.39. The number of hydrogen-bond donors (Lipinski definition) is 0. The second-order valence-electron chi connectivity index (χ2n) is 11.5. The molecule has 0 radical (unpaired) electrons. The average Bonchev–Trinajstić information content (AvgIpc) is 3.67. The van der Waals surface area contributed by atoms with Gasteiger partial charge >= 0.3 is 0 Å². The van der Waals surface area contributed by atoms with E-state index in [9.17, 15) is 10.1 Å². The van der Waals surface area contributed by atoms with E-state index in [0.29, 0.717) is 32.1 Å². The molecule has 1 aliphatic rings. The van der Waals surface area contributed by atoms with Crippen molar-refractivity contribution in [2.24, 2.45) is 13.0 Å². The first-order valence-electron chi connectivity index (χ1n) is 13.4. The molecule has 1 aliphatic heterocycles. The first kappa shape index (κ1) is 28.0. The van der Waals surface area contributed by atoms with Gasteiger partial charge in [-0.25, -0.2) is 15.0 Å². The van der Waals surface area contributed by atoms with Crippen molar-refractivity contribution in [1.82, 2.24) is 33.9 Å². The number of hydrogen-bond acceptors (Lipinski definition) is 8. The standard InChI is InChI=1S/C27H34ClN9O2Si/c1-34-16-23(28)33-26(27(34)38)35-9-6-19(14-35)22(5-8-29)37-15-20(13-32-37)24-21-7-10-36(25(21)31-17-30-24)18-39-11-12-40(2,3)4/h7,10,13,15-17,19,22H,5-6,9,11-12,14,18H2,1-4H3. The summed E-state index contributed by atoms with van der Waals surface area (Å²) in [5.74, 6) is 0.449. The number of nitrogens with zero attached hydrogens (tertiary/aromatic N) is 9. The van der Waals surface area contributed by atoms with Gasteiger partial charge in [0, 0.05) is 70.3 Å². The van der Waals surface area contributed by atoms with Gasteiger partial charge in [-0.2, -0.15) is 10.4 Å². The molecule has 1 saturated heterocycles. The van der Waals surface area contributed by atoms with Crippen LogP contribution in [0.3, 0.4) is 0 Å². The van der Waals surface area contributed by atoms with E-state index in [1.165, 1.54) is 10.8 Å². The summed E-state index contributed by atoms with van der Waals surface area (Å²) in [6.07, 6.45) is 9.88. The molecule has 2 atom stereocenters. The quantitative estimate of drug-likeness (QED) is 0.201. The van der Waals surface area contributed by atoms with Crippen molar-refractivity contribution in [3.05, 3.63) is 52.7 Å². The van der Waals surface area contributed by atoms with Gasteiger partial charge in [0.25, 0.3) is 5.56 Å². The van der Waals surface area contributed by atoms with Gasteiger partial charge in [0.1, 0.15) is 23.9 Å². The Morgan fingerprint density at radius 1 is 1.27 bits per heavy atom. The molecule has 40 heavy (non-hydrogen) atoms. The Balaban J connectivity index is 1.34. The van der Waals surface area contributed by atoms with E-state index in [0.717, 1.165) is 41.4 Å². The predicted molar refractivity (Wildman–Crippen MR) is 157 cm³/mol. The van der Waals surface area contributed by atoms with Gasteiger partial charge in [0.2, 0.25) is 0 Å². The molecule has 2 unspecified atom stereocenters. The van der Waals surface area contributed by atoms with Gasteiger partial charge in [0.15, 0.2) is 5.82 Å². The van der Waals surface area contributed by atoms with Crippen molar-refractivity contribution in [3.8, 4) is 17.3 Å². The van der Waals surface area contributed by atoms with E-state index in [1.807, 2.05) is 32.6 Å². The largest absolute Gasteiger partial charge is 0.361 e. The molecule has 210 valence electrons. The van der Waals surface area contributed by atoms with Crippen LogP contribution in [0.5, 0.6) is 0 Å². The number of halogens is 1. The molecule has 0 amide bonds. The lowest BCUT2D eigenvalue weighted by Crippen LogP contribution is -2.32. The van der Waals surface area contributed by atoms with E-state index in [2.05, 4.69) is 45.8 Å². The summed E-state index contributed by atoms with van der Waals surface area (Å²) >= 11 is 6.12. The second kappa shape index (κ2) is 11.5. The molecular weight excluding hydrogens is 546 g/mol. The topological polar surface area (TPSA) is 120 Å². The zero-order valence-electron chi connectivity index (χ0n) is 23.3. The molecule has 0 saturated carbocycles. The molecule has 11 nitrogen and oxygen atoms in total. The van der Waals surface area contributed by atoms with Crippen LogP contribution in [0.4, 0.5) is 5.82 Å². The summed E-state index contributed by atoms with van der Waals surface area (Å²) in [6, 6.07) is 5.28. The number of aromatic nitrogens is 7. The highest BCUT2D eigenvalue weighted by Crippen LogP contribution is 2.33. The van der Waals surface area contributed by atoms with E-state index in [4.69, 9.17) is 16.3 Å². The van der Waals surface area contributed by atoms with E-state index in [1.54, 1.807) is 19.6 Å². The summed E-state index contributed by atoms with van der Waals surface area (Å²) < 4.78 is 11.2. The molecular formula is C27H34ClN9O2Si. The monoisotopic (exact) mass is 579 g/mol. The van der Waals surface area contributed by atoms with E-state index >= 15 is 0 Å². The molecule has 0 bridgehead atoms. The minimum Gasteiger partial charge on any atom is -0.361 e. The number of anilines is 1. The van der Waals surface area contributed by atoms with Crippen LogP contribution in [0.2, 0.25) is 30.8 Å². The van der Waals surface area contributed by atoms with Crippen LogP contribution >= 0.6 is 11.6 Å². The highest BCUT2D eigenvalue weighted by atomic mass is 35.5. The van der Waals surface area contributed by atoms with E-state index in [-0.39, 0.29) is 22.7 Å². The summed E-state index contributed by atoms with van der Waals surface area (Å²) in [5, 5.41) is 15.5. The van der Waals surface area contributed by atoms with Crippen LogP contribution in [0, 0.1) is 17.2 Å². The molecule has 0 aromatic carbocycles. The minimum absolute atomic E-state index is 0.109. The molecule has 5 heterocycles. The van der Waals surface area contributed by atoms with Gasteiger partial charge in [-0.1, -0.05) is 31.2 Å². The number of aryl methyl sites for hydroxylation is 1. The zero-order chi connectivity index (χ0) is 28.4. The number of ether oxygens (including phenoxy) is 1. The molecule has 4 aromatic heterocycles. The van der Waals surface area contributed by atoms with Crippen molar-refractivity contribution in [2.45, 2.75) is 51.3 Å². The summed E-state index contributed by atoms with van der Waals surface area (Å²) in [7, 11) is 0.510. The predicted octanol–water partition coefficient (Wildman–Crippen LogP) is 4.34. The van der Waals surface area contributed by atoms with Crippen molar-refractivity contribution in [2.75, 3.05) is 24.6 Å². The van der Waals surface area contributed by atoms with Crippen LogP contribution in [0.25, 0.3) is 22.3 Å². The fourth-order valence-electron chi connectivity index (χ4n) is 5.14. The van der Waals surface area contributed by atoms with Crippen LogP contribution in [0.1, 0.15) is 18.9 Å². The summed E-state index contributed by atoms with van der Waals surface area (Å²) in [4.78, 5) is 28.0. The highest BCUT2D eigenvalue weighted by molar-refractivity contribution is 6.76. The normalized spacial score (nSPS) is 16.5. The van der Waals surface area contributed by atoms with E-state index < -0.39 is 8.07 Å². The Kier molecular flexibility index (Phi) is 8.07.